The van der Waals surface area contributed by atoms with E-state index in [0.29, 0.717) is 18.0 Å². The molecule has 1 amide bonds. The average Bonchev–Trinajstić information content (AvgIpc) is 3.42. The van der Waals surface area contributed by atoms with Gasteiger partial charge < -0.3 is 16.0 Å². The Kier molecular flexibility index (Phi) is 9.98. The normalized spacial score (nSPS) is 17.4. The van der Waals surface area contributed by atoms with E-state index in [-0.39, 0.29) is 16.8 Å². The van der Waals surface area contributed by atoms with E-state index < -0.39 is 32.8 Å². The number of nitrogens with zero attached hydrogens (tertiary/aromatic N) is 1. The number of hydrogen-bond donors (Lipinski definition) is 6. The minimum absolute atomic E-state index is 0.0302. The van der Waals surface area contributed by atoms with Crippen molar-refractivity contribution in [2.24, 2.45) is 11.7 Å². The van der Waals surface area contributed by atoms with Crippen molar-refractivity contribution < 1.29 is 26.5 Å². The van der Waals surface area contributed by atoms with Crippen LogP contribution in [0.2, 0.25) is 0 Å². The number of sulfonamides is 1. The zero-order chi connectivity index (χ0) is 27.9. The molecule has 2 heterocycles. The van der Waals surface area contributed by atoms with Crippen LogP contribution in [-0.4, -0.2) is 58.1 Å². The Morgan fingerprint density at radius 3 is 2.53 bits per heavy atom. The Labute approximate surface area is 228 Å². The predicted molar refractivity (Wildman–Crippen MR) is 149 cm³/mol. The van der Waals surface area contributed by atoms with Gasteiger partial charge in [0.05, 0.1) is 4.90 Å². The lowest BCUT2D eigenvalue weighted by Crippen LogP contribution is -2.55. The summed E-state index contributed by atoms with van der Waals surface area (Å²) in [5.41, 5.74) is 4.15. The third-order valence-electron chi connectivity index (χ3n) is 6.25. The second-order valence-electron chi connectivity index (χ2n) is 9.00. The maximum Gasteiger partial charge on any atom is 0.299 e. The van der Waals surface area contributed by atoms with Crippen molar-refractivity contribution >= 4 is 55.4 Å². The van der Waals surface area contributed by atoms with Gasteiger partial charge in [-0.1, -0.05) is 36.4 Å². The number of fused-ring (bicyclic) bond motifs is 1. The first kappa shape index (κ1) is 29.7. The molecule has 7 N–H and O–H groups in total. The highest BCUT2D eigenvalue weighted by molar-refractivity contribution is 7.89. The largest absolute Gasteiger partial charge is 0.370 e. The van der Waals surface area contributed by atoms with Crippen molar-refractivity contribution in [3.8, 4) is 0 Å². The smallest absolute Gasteiger partial charge is 0.299 e. The third kappa shape index (κ3) is 7.58. The van der Waals surface area contributed by atoms with Crippen LogP contribution >= 0.6 is 11.3 Å². The van der Waals surface area contributed by atoms with E-state index in [1.807, 2.05) is 29.6 Å². The molecule has 0 radical (unpaired) electrons. The number of amides is 1. The van der Waals surface area contributed by atoms with Gasteiger partial charge in [0.25, 0.3) is 11.4 Å². The van der Waals surface area contributed by atoms with E-state index in [0.717, 1.165) is 30.2 Å². The Bertz CT molecular complexity index is 1400. The summed E-state index contributed by atoms with van der Waals surface area (Å²) in [4.78, 5) is 15.9. The van der Waals surface area contributed by atoms with Gasteiger partial charge in [0, 0.05) is 24.5 Å². The van der Waals surface area contributed by atoms with Gasteiger partial charge in [-0.05, 0) is 60.0 Å². The summed E-state index contributed by atoms with van der Waals surface area (Å²) in [6.45, 7) is 3.29. The first-order valence-corrected chi connectivity index (χ1v) is 15.1. The van der Waals surface area contributed by atoms with Crippen LogP contribution < -0.4 is 15.8 Å². The summed E-state index contributed by atoms with van der Waals surface area (Å²) in [6.07, 6.45) is 1.79. The van der Waals surface area contributed by atoms with Crippen LogP contribution in [0.5, 0.6) is 0 Å². The summed E-state index contributed by atoms with van der Waals surface area (Å²) in [5, 5.41) is 14.2. The van der Waals surface area contributed by atoms with E-state index in [2.05, 4.69) is 10.0 Å². The third-order valence-corrected chi connectivity index (χ3v) is 8.89. The number of guanidine groups is 1. The molecular formula is C24H31N5O6S3. The van der Waals surface area contributed by atoms with Crippen molar-refractivity contribution in [3.63, 3.8) is 0 Å². The standard InChI is InChI=1S/C24H29N5O3S2.H2O3S/c1-24(21-9-5-13-33-21,22(30)27-15-17-6-4-12-29(16-17)23(25)26)28-34(31,32)20-11-10-18-7-2-3-8-19(18)14-20;1-4(2)3/h2-3,5,7-11,13-14,17,28H,4,6,12,15-16H2,1H3,(H3,25,26)(H,27,30);(H2,1,2,3)/t17?,24-;/m0./s1. The lowest BCUT2D eigenvalue weighted by molar-refractivity contribution is -0.126. The first-order valence-electron chi connectivity index (χ1n) is 11.7. The second kappa shape index (κ2) is 12.8. The molecule has 0 spiro atoms. The minimum Gasteiger partial charge on any atom is -0.370 e. The summed E-state index contributed by atoms with van der Waals surface area (Å²) in [6, 6.07) is 16.0. The van der Waals surface area contributed by atoms with Gasteiger partial charge >= 0.3 is 0 Å². The van der Waals surface area contributed by atoms with Gasteiger partial charge in [-0.2, -0.15) is 8.93 Å². The van der Waals surface area contributed by atoms with Crippen LogP contribution in [0.15, 0.2) is 64.9 Å². The fourth-order valence-corrected chi connectivity index (χ4v) is 6.59. The molecule has 0 saturated carbocycles. The number of rotatable bonds is 7. The molecule has 0 aliphatic carbocycles. The number of nitrogens with one attached hydrogen (secondary N) is 3. The number of likely N-dealkylation sites (tertiary alicyclic amines) is 1. The van der Waals surface area contributed by atoms with Crippen LogP contribution in [0.3, 0.4) is 0 Å². The highest BCUT2D eigenvalue weighted by Gasteiger charge is 2.41. The fraction of sp³-hybridized carbons (Fsp3) is 0.333. The fourth-order valence-electron chi connectivity index (χ4n) is 4.30. The van der Waals surface area contributed by atoms with Gasteiger partial charge in [0.1, 0.15) is 5.54 Å². The van der Waals surface area contributed by atoms with Crippen LogP contribution in [0.1, 0.15) is 24.6 Å². The molecule has 3 aromatic rings. The van der Waals surface area contributed by atoms with Crippen molar-refractivity contribution in [2.45, 2.75) is 30.2 Å². The number of carbonyl (C=O) groups excluding carboxylic acids is 1. The second-order valence-corrected chi connectivity index (χ2v) is 12.1. The molecule has 1 fully saturated rings. The van der Waals surface area contributed by atoms with Crippen LogP contribution in [0.25, 0.3) is 10.8 Å². The maximum absolute atomic E-state index is 13.4. The van der Waals surface area contributed by atoms with E-state index >= 15 is 0 Å². The molecular weight excluding hydrogens is 550 g/mol. The topological polar surface area (TPSA) is 186 Å². The van der Waals surface area contributed by atoms with Crippen molar-refractivity contribution in [2.75, 3.05) is 19.6 Å². The molecule has 206 valence electrons. The molecule has 1 aromatic heterocycles. The van der Waals surface area contributed by atoms with Gasteiger partial charge in [-0.25, -0.2) is 8.42 Å². The number of piperidine rings is 1. The molecule has 14 heteroatoms. The average molecular weight is 582 g/mol. The molecule has 1 aliphatic heterocycles. The van der Waals surface area contributed by atoms with E-state index in [1.54, 1.807) is 42.2 Å². The number of carbonyl (C=O) groups is 1. The SMILES string of the molecule is C[C@@](NS(=O)(=O)c1ccc2ccccc2c1)(C(=O)NCC1CCCN(C(=N)N)C1)c1cccs1.O=S(O)O. The van der Waals surface area contributed by atoms with E-state index in [1.165, 1.54) is 11.3 Å². The van der Waals surface area contributed by atoms with Crippen LogP contribution in [0.4, 0.5) is 0 Å². The highest BCUT2D eigenvalue weighted by atomic mass is 32.2. The van der Waals surface area contributed by atoms with Crippen LogP contribution in [0, 0.1) is 11.3 Å². The lowest BCUT2D eigenvalue weighted by Gasteiger charge is -2.34. The van der Waals surface area contributed by atoms with E-state index in [9.17, 15) is 13.2 Å². The molecule has 1 aliphatic rings. The lowest BCUT2D eigenvalue weighted by atomic mass is 9.96. The molecule has 1 saturated heterocycles. The van der Waals surface area contributed by atoms with Gasteiger partial charge in [0.2, 0.25) is 15.9 Å². The van der Waals surface area contributed by atoms with Gasteiger partial charge in [-0.3, -0.25) is 19.3 Å². The number of benzene rings is 2. The number of hydrogen-bond acceptors (Lipinski definition) is 6. The summed E-state index contributed by atoms with van der Waals surface area (Å²) >= 11 is -1.29. The Morgan fingerprint density at radius 1 is 1.21 bits per heavy atom. The predicted octanol–water partition coefficient (Wildman–Crippen LogP) is 2.50. The molecule has 4 rings (SSSR count). The molecule has 1 unspecified atom stereocenters. The molecule has 0 bridgehead atoms. The zero-order valence-corrected chi connectivity index (χ0v) is 23.1. The Hall–Kier alpha value is -2.88. The number of nitrogens with two attached hydrogens (primary N) is 1. The highest BCUT2D eigenvalue weighted by Crippen LogP contribution is 2.29. The van der Waals surface area contributed by atoms with Crippen molar-refractivity contribution in [3.05, 3.63) is 64.9 Å². The van der Waals surface area contributed by atoms with Crippen LogP contribution in [-0.2, 0) is 31.7 Å². The van der Waals surface area contributed by atoms with Crippen molar-refractivity contribution in [1.82, 2.24) is 14.9 Å². The number of thiophene rings is 1. The van der Waals surface area contributed by atoms with E-state index in [4.69, 9.17) is 24.5 Å². The Morgan fingerprint density at radius 2 is 1.89 bits per heavy atom. The zero-order valence-electron chi connectivity index (χ0n) is 20.7. The minimum atomic E-state index is -4.00. The van der Waals surface area contributed by atoms with Crippen molar-refractivity contribution in [1.29, 1.82) is 5.41 Å². The monoisotopic (exact) mass is 581 g/mol. The molecule has 11 nitrogen and oxygen atoms in total. The summed E-state index contributed by atoms with van der Waals surface area (Å²) in [7, 11) is -4.00. The maximum atomic E-state index is 13.4. The quantitative estimate of drug-likeness (QED) is 0.140. The molecule has 38 heavy (non-hydrogen) atoms. The first-order chi connectivity index (χ1) is 17.9. The summed E-state index contributed by atoms with van der Waals surface area (Å²) < 4.78 is 52.3. The molecule has 2 atom stereocenters. The van der Waals surface area contributed by atoms with Gasteiger partial charge in [-0.15, -0.1) is 11.3 Å². The Balaban J connectivity index is 0.000000934. The molecule has 2 aromatic carbocycles. The van der Waals surface area contributed by atoms with Gasteiger partial charge in [0.15, 0.2) is 5.96 Å². The summed E-state index contributed by atoms with van der Waals surface area (Å²) in [5.74, 6) is -0.256.